The maximum absolute atomic E-state index is 6.12. The average molecular weight is 502 g/mol. The van der Waals surface area contributed by atoms with Gasteiger partial charge in [0, 0.05) is 0 Å². The highest BCUT2D eigenvalue weighted by Gasteiger charge is 2.51. The quantitative estimate of drug-likeness (QED) is 0.382. The molecule has 0 spiro atoms. The first-order chi connectivity index (χ1) is 12.2. The Bertz CT molecular complexity index is 760. The first-order valence-corrected chi connectivity index (χ1v) is 11.1. The molecule has 0 saturated carbocycles. The van der Waals surface area contributed by atoms with Crippen LogP contribution in [0, 0.1) is 0 Å². The second kappa shape index (κ2) is 7.96. The molecule has 0 radical (unpaired) electrons. The summed E-state index contributed by atoms with van der Waals surface area (Å²) < 4.78 is 20.5. The second-order valence-corrected chi connectivity index (χ2v) is 11.2. The van der Waals surface area contributed by atoms with Crippen LogP contribution in [0.25, 0.3) is 0 Å². The van der Waals surface area contributed by atoms with E-state index in [2.05, 4.69) is 65.6 Å². The lowest BCUT2D eigenvalue weighted by atomic mass is 9.79. The number of ether oxygens (including phenoxy) is 1. The minimum Gasteiger partial charge on any atom is -0.494 e. The molecule has 3 nitrogen and oxygen atoms in total. The summed E-state index contributed by atoms with van der Waals surface area (Å²) in [6, 6.07) is 10.2. The highest BCUT2D eigenvalue weighted by Crippen LogP contribution is 2.36. The predicted octanol–water partition coefficient (Wildman–Crippen LogP) is 5.58. The summed E-state index contributed by atoms with van der Waals surface area (Å²) in [5.74, 6) is 0.850. The zero-order valence-corrected chi connectivity index (χ0v) is 19.5. The Morgan fingerprint density at radius 2 is 1.77 bits per heavy atom. The molecule has 0 unspecified atom stereocenters. The van der Waals surface area contributed by atoms with Gasteiger partial charge in [0.2, 0.25) is 0 Å². The summed E-state index contributed by atoms with van der Waals surface area (Å²) >= 11 is 8.82. The molecule has 1 aliphatic heterocycles. The molecule has 2 aromatic rings. The first-order valence-electron chi connectivity index (χ1n) is 8.70. The van der Waals surface area contributed by atoms with Gasteiger partial charge in [-0.05, 0) is 102 Å². The average Bonchev–Trinajstić information content (AvgIpc) is 2.99. The Hall–Kier alpha value is -0.335. The number of benzene rings is 1. The molecule has 2 heterocycles. The van der Waals surface area contributed by atoms with Crippen molar-refractivity contribution in [1.82, 2.24) is 0 Å². The van der Waals surface area contributed by atoms with Crippen molar-refractivity contribution in [2.24, 2.45) is 0 Å². The lowest BCUT2D eigenvalue weighted by molar-refractivity contribution is 0.00578. The van der Waals surface area contributed by atoms with Crippen LogP contribution in [0.1, 0.15) is 39.7 Å². The van der Waals surface area contributed by atoms with E-state index in [0.717, 1.165) is 27.8 Å². The predicted molar refractivity (Wildman–Crippen MR) is 116 cm³/mol. The third-order valence-corrected chi connectivity index (χ3v) is 7.43. The van der Waals surface area contributed by atoms with Gasteiger partial charge in [-0.3, -0.25) is 0 Å². The zero-order valence-electron chi connectivity index (χ0n) is 15.5. The van der Waals surface area contributed by atoms with Crippen molar-refractivity contribution in [2.75, 3.05) is 6.61 Å². The van der Waals surface area contributed by atoms with E-state index in [0.29, 0.717) is 6.61 Å². The maximum atomic E-state index is 6.12. The number of rotatable bonds is 6. The Kier molecular flexibility index (Phi) is 6.24. The number of thiophene rings is 1. The number of aryl methyl sites for hydroxylation is 1. The van der Waals surface area contributed by atoms with Crippen LogP contribution in [0.15, 0.2) is 37.9 Å². The highest BCUT2D eigenvalue weighted by molar-refractivity contribution is 9.12. The van der Waals surface area contributed by atoms with E-state index >= 15 is 0 Å². The largest absolute Gasteiger partial charge is 0.494 e. The van der Waals surface area contributed by atoms with Crippen LogP contribution in [0.5, 0.6) is 5.75 Å². The minimum absolute atomic E-state index is 0.337. The molecule has 3 rings (SSSR count). The number of hydrogen-bond donors (Lipinski definition) is 0. The molecule has 1 aromatic carbocycles. The standard InChI is InChI=1S/C19H23BBr2O3S/c1-18(2)19(3,4)25-20(24-18)14-8-5-9-15(12-14)23-10-6-7-13-11-16(21)26-17(13)22/h5,8-9,11-12H,6-7,10H2,1-4H3. The van der Waals surface area contributed by atoms with E-state index < -0.39 is 0 Å². The lowest BCUT2D eigenvalue weighted by Crippen LogP contribution is -2.41. The Balaban J connectivity index is 1.56. The van der Waals surface area contributed by atoms with Crippen LogP contribution < -0.4 is 10.2 Å². The normalized spacial score (nSPS) is 18.3. The molecule has 1 fully saturated rings. The van der Waals surface area contributed by atoms with E-state index in [1.807, 2.05) is 24.3 Å². The summed E-state index contributed by atoms with van der Waals surface area (Å²) in [5, 5.41) is 0. The van der Waals surface area contributed by atoms with Gasteiger partial charge in [0.15, 0.2) is 0 Å². The molecule has 1 aromatic heterocycles. The molecule has 140 valence electrons. The highest BCUT2D eigenvalue weighted by atomic mass is 79.9. The van der Waals surface area contributed by atoms with Gasteiger partial charge in [0.25, 0.3) is 0 Å². The molecule has 1 saturated heterocycles. The Morgan fingerprint density at radius 1 is 1.08 bits per heavy atom. The second-order valence-electron chi connectivity index (χ2n) is 7.46. The summed E-state index contributed by atoms with van der Waals surface area (Å²) in [5.41, 5.74) is 1.63. The smallest absolute Gasteiger partial charge is 0.494 e. The van der Waals surface area contributed by atoms with Crippen LogP contribution in [0.4, 0.5) is 0 Å². The minimum atomic E-state index is -0.359. The first kappa shape index (κ1) is 20.4. The molecule has 0 bridgehead atoms. The molecule has 26 heavy (non-hydrogen) atoms. The van der Waals surface area contributed by atoms with Crippen molar-refractivity contribution in [3.05, 3.63) is 43.5 Å². The summed E-state index contributed by atoms with van der Waals surface area (Å²) in [6.07, 6.45) is 1.95. The van der Waals surface area contributed by atoms with Crippen LogP contribution in [0.3, 0.4) is 0 Å². The van der Waals surface area contributed by atoms with Crippen LogP contribution in [0.2, 0.25) is 0 Å². The van der Waals surface area contributed by atoms with Gasteiger partial charge in [0.1, 0.15) is 5.75 Å². The fraction of sp³-hybridized carbons (Fsp3) is 0.474. The maximum Gasteiger partial charge on any atom is 0.494 e. The van der Waals surface area contributed by atoms with Gasteiger partial charge in [-0.15, -0.1) is 11.3 Å². The van der Waals surface area contributed by atoms with E-state index in [4.69, 9.17) is 14.0 Å². The van der Waals surface area contributed by atoms with Gasteiger partial charge in [0.05, 0.1) is 25.4 Å². The third kappa shape index (κ3) is 4.55. The van der Waals surface area contributed by atoms with Crippen LogP contribution >= 0.6 is 43.2 Å². The van der Waals surface area contributed by atoms with Gasteiger partial charge in [-0.1, -0.05) is 12.1 Å². The topological polar surface area (TPSA) is 27.7 Å². The molecule has 0 N–H and O–H groups in total. The van der Waals surface area contributed by atoms with E-state index in [-0.39, 0.29) is 18.3 Å². The van der Waals surface area contributed by atoms with Crippen LogP contribution in [-0.2, 0) is 15.7 Å². The third-order valence-electron chi connectivity index (χ3n) is 4.97. The van der Waals surface area contributed by atoms with Gasteiger partial charge < -0.3 is 14.0 Å². The lowest BCUT2D eigenvalue weighted by Gasteiger charge is -2.32. The van der Waals surface area contributed by atoms with Crippen molar-refractivity contribution in [3.63, 3.8) is 0 Å². The summed E-state index contributed by atoms with van der Waals surface area (Å²) in [6.45, 7) is 8.93. The number of halogens is 2. The zero-order chi connectivity index (χ0) is 18.9. The van der Waals surface area contributed by atoms with Gasteiger partial charge in [-0.25, -0.2) is 0 Å². The molecule has 0 atom stereocenters. The molecule has 7 heteroatoms. The monoisotopic (exact) mass is 500 g/mol. The molecule has 0 amide bonds. The van der Waals surface area contributed by atoms with E-state index in [1.165, 1.54) is 9.35 Å². The van der Waals surface area contributed by atoms with Crippen molar-refractivity contribution >= 4 is 55.8 Å². The van der Waals surface area contributed by atoms with Gasteiger partial charge >= 0.3 is 7.12 Å². The SMILES string of the molecule is CC1(C)OB(c2cccc(OCCCc3cc(Br)sc3Br)c2)OC1(C)C. The molecule has 1 aliphatic rings. The fourth-order valence-electron chi connectivity index (χ4n) is 2.73. The summed E-state index contributed by atoms with van der Waals surface area (Å²) in [4.78, 5) is 0. The van der Waals surface area contributed by atoms with Crippen LogP contribution in [-0.4, -0.2) is 24.9 Å². The van der Waals surface area contributed by atoms with E-state index in [1.54, 1.807) is 11.3 Å². The van der Waals surface area contributed by atoms with Crippen molar-refractivity contribution in [3.8, 4) is 5.75 Å². The molecular weight excluding hydrogens is 479 g/mol. The van der Waals surface area contributed by atoms with Crippen molar-refractivity contribution in [1.29, 1.82) is 0 Å². The summed E-state index contributed by atoms with van der Waals surface area (Å²) in [7, 11) is -0.359. The Labute approximate surface area is 176 Å². The molecule has 0 aliphatic carbocycles. The van der Waals surface area contributed by atoms with E-state index in [9.17, 15) is 0 Å². The van der Waals surface area contributed by atoms with Gasteiger partial charge in [-0.2, -0.15) is 0 Å². The molecular formula is C19H23BBr2O3S. The fourth-order valence-corrected chi connectivity index (χ4v) is 5.64. The van der Waals surface area contributed by atoms with Crippen molar-refractivity contribution in [2.45, 2.75) is 51.7 Å². The Morgan fingerprint density at radius 3 is 2.38 bits per heavy atom. The van der Waals surface area contributed by atoms with Crippen molar-refractivity contribution < 1.29 is 14.0 Å². The number of hydrogen-bond acceptors (Lipinski definition) is 4.